The summed E-state index contributed by atoms with van der Waals surface area (Å²) in [6.07, 6.45) is 1.67. The summed E-state index contributed by atoms with van der Waals surface area (Å²) < 4.78 is 5.36. The van der Waals surface area contributed by atoms with Crippen LogP contribution < -0.4 is 10.2 Å². The van der Waals surface area contributed by atoms with Crippen molar-refractivity contribution < 1.29 is 9.53 Å². The smallest absolute Gasteiger partial charge is 0.345 e. The van der Waals surface area contributed by atoms with Crippen LogP contribution in [0, 0.1) is 0 Å². The predicted octanol–water partition coefficient (Wildman–Crippen LogP) is 6.13. The first kappa shape index (κ1) is 19.8. The van der Waals surface area contributed by atoms with Gasteiger partial charge in [0.05, 0.1) is 22.5 Å². The van der Waals surface area contributed by atoms with Gasteiger partial charge in [0.25, 0.3) is 0 Å². The molecule has 1 N–H and O–H groups in total. The molecule has 0 spiro atoms. The van der Waals surface area contributed by atoms with Crippen LogP contribution in [-0.4, -0.2) is 17.2 Å². The number of rotatable bonds is 6. The Morgan fingerprint density at radius 2 is 1.73 bits per heavy atom. The summed E-state index contributed by atoms with van der Waals surface area (Å²) in [7, 11) is 0. The number of hydrazone groups is 1. The second-order valence-corrected chi connectivity index (χ2v) is 7.48. The molecule has 0 fully saturated rings. The number of halogens is 1. The largest absolute Gasteiger partial charge is 0.423 e. The first-order chi connectivity index (χ1) is 14.7. The molecule has 0 aliphatic rings. The van der Waals surface area contributed by atoms with Gasteiger partial charge in [-0.3, -0.25) is 5.43 Å². The van der Waals surface area contributed by atoms with Gasteiger partial charge in [-0.05, 0) is 42.0 Å². The van der Waals surface area contributed by atoms with E-state index in [9.17, 15) is 4.79 Å². The second kappa shape index (κ2) is 9.35. The van der Waals surface area contributed by atoms with Crippen molar-refractivity contribution in [2.24, 2.45) is 5.10 Å². The third-order valence-electron chi connectivity index (χ3n) is 4.13. The summed E-state index contributed by atoms with van der Waals surface area (Å²) in [6, 6.07) is 23.7. The molecule has 148 valence electrons. The Hall–Kier alpha value is -3.48. The van der Waals surface area contributed by atoms with Gasteiger partial charge in [-0.1, -0.05) is 54.1 Å². The van der Waals surface area contributed by atoms with Crippen LogP contribution in [-0.2, 0) is 0 Å². The van der Waals surface area contributed by atoms with E-state index in [4.69, 9.17) is 16.3 Å². The number of hydrogen-bond donors (Lipinski definition) is 1. The van der Waals surface area contributed by atoms with Crippen molar-refractivity contribution in [2.45, 2.75) is 0 Å². The highest BCUT2D eigenvalue weighted by atomic mass is 35.5. The lowest BCUT2D eigenvalue weighted by atomic mass is 10.2. The normalized spacial score (nSPS) is 10.8. The van der Waals surface area contributed by atoms with Crippen molar-refractivity contribution in [3.05, 3.63) is 100 Å². The van der Waals surface area contributed by atoms with Gasteiger partial charge in [0.15, 0.2) is 0 Å². The number of aromatic nitrogens is 1. The fourth-order valence-electron chi connectivity index (χ4n) is 2.64. The number of nitrogens with zero attached hydrogens (tertiary/aromatic N) is 2. The van der Waals surface area contributed by atoms with Crippen LogP contribution in [0.4, 0.5) is 5.13 Å². The molecule has 0 aliphatic carbocycles. The highest BCUT2D eigenvalue weighted by Crippen LogP contribution is 2.24. The van der Waals surface area contributed by atoms with Crippen molar-refractivity contribution in [2.75, 3.05) is 5.43 Å². The average Bonchev–Trinajstić information content (AvgIpc) is 3.25. The Labute approximate surface area is 182 Å². The molecule has 5 nitrogen and oxygen atoms in total. The maximum absolute atomic E-state index is 12.2. The lowest BCUT2D eigenvalue weighted by Gasteiger charge is -2.05. The standard InChI is InChI=1S/C23H16ClN3O2S/c24-20-9-5-4-8-19(20)22(28)29-18-12-10-16(11-13-18)14-25-27-23-26-21(15-30-23)17-6-2-1-3-7-17/h1-15H,(H,26,27)/b25-14-. The van der Waals surface area contributed by atoms with E-state index < -0.39 is 5.97 Å². The van der Waals surface area contributed by atoms with Gasteiger partial charge in [-0.15, -0.1) is 11.3 Å². The lowest BCUT2D eigenvalue weighted by molar-refractivity contribution is 0.0735. The van der Waals surface area contributed by atoms with E-state index in [-0.39, 0.29) is 0 Å². The first-order valence-corrected chi connectivity index (χ1v) is 10.3. The number of anilines is 1. The van der Waals surface area contributed by atoms with E-state index in [1.165, 1.54) is 11.3 Å². The molecule has 0 radical (unpaired) electrons. The summed E-state index contributed by atoms with van der Waals surface area (Å²) in [5, 5.41) is 7.26. The van der Waals surface area contributed by atoms with Crippen molar-refractivity contribution in [1.29, 1.82) is 0 Å². The zero-order valence-electron chi connectivity index (χ0n) is 15.7. The molecule has 0 unspecified atom stereocenters. The maximum Gasteiger partial charge on any atom is 0.345 e. The van der Waals surface area contributed by atoms with Crippen LogP contribution >= 0.6 is 22.9 Å². The fourth-order valence-corrected chi connectivity index (χ4v) is 3.52. The minimum Gasteiger partial charge on any atom is -0.423 e. The molecule has 0 aliphatic heterocycles. The Bertz CT molecular complexity index is 1170. The van der Waals surface area contributed by atoms with Crippen LogP contribution in [0.3, 0.4) is 0 Å². The van der Waals surface area contributed by atoms with Crippen molar-refractivity contribution in [1.82, 2.24) is 4.98 Å². The van der Waals surface area contributed by atoms with E-state index >= 15 is 0 Å². The number of thiazole rings is 1. The van der Waals surface area contributed by atoms with E-state index in [1.807, 2.05) is 35.7 Å². The van der Waals surface area contributed by atoms with Crippen molar-refractivity contribution in [3.8, 4) is 17.0 Å². The maximum atomic E-state index is 12.2. The molecule has 1 heterocycles. The Balaban J connectivity index is 1.35. The van der Waals surface area contributed by atoms with Crippen LogP contribution in [0.1, 0.15) is 15.9 Å². The van der Waals surface area contributed by atoms with Crippen molar-refractivity contribution in [3.63, 3.8) is 0 Å². The molecule has 0 saturated carbocycles. The van der Waals surface area contributed by atoms with Crippen LogP contribution in [0.25, 0.3) is 11.3 Å². The molecule has 7 heteroatoms. The first-order valence-electron chi connectivity index (χ1n) is 9.06. The third kappa shape index (κ3) is 4.92. The molecule has 0 atom stereocenters. The summed E-state index contributed by atoms with van der Waals surface area (Å²) in [5.74, 6) is -0.0703. The fraction of sp³-hybridized carbons (Fsp3) is 0. The molecule has 0 amide bonds. The number of hydrogen-bond acceptors (Lipinski definition) is 6. The van der Waals surface area contributed by atoms with Crippen LogP contribution in [0.5, 0.6) is 5.75 Å². The molecular formula is C23H16ClN3O2S. The van der Waals surface area contributed by atoms with Gasteiger partial charge in [0.1, 0.15) is 5.75 Å². The molecule has 3 aromatic carbocycles. The molecule has 4 rings (SSSR count). The quantitative estimate of drug-likeness (QED) is 0.172. The highest BCUT2D eigenvalue weighted by molar-refractivity contribution is 7.14. The van der Waals surface area contributed by atoms with Gasteiger partial charge < -0.3 is 4.74 Å². The van der Waals surface area contributed by atoms with Crippen molar-refractivity contribution >= 4 is 40.3 Å². The lowest BCUT2D eigenvalue weighted by Crippen LogP contribution is -2.08. The average molecular weight is 434 g/mol. The number of nitrogens with one attached hydrogen (secondary N) is 1. The predicted molar refractivity (Wildman–Crippen MR) is 122 cm³/mol. The summed E-state index contributed by atoms with van der Waals surface area (Å²) in [6.45, 7) is 0. The number of ether oxygens (including phenoxy) is 1. The summed E-state index contributed by atoms with van der Waals surface area (Å²) >= 11 is 7.51. The molecule has 0 saturated heterocycles. The molecular weight excluding hydrogens is 418 g/mol. The van der Waals surface area contributed by atoms with Gasteiger partial charge in [-0.25, -0.2) is 9.78 Å². The molecule has 1 aromatic heterocycles. The van der Waals surface area contributed by atoms with Crippen LogP contribution in [0.2, 0.25) is 5.02 Å². The SMILES string of the molecule is O=C(Oc1ccc(/C=N\Nc2nc(-c3ccccc3)cs2)cc1)c1ccccc1Cl. The highest BCUT2D eigenvalue weighted by Gasteiger charge is 2.11. The van der Waals surface area contributed by atoms with Crippen LogP contribution in [0.15, 0.2) is 89.3 Å². The number of esters is 1. The van der Waals surface area contributed by atoms with Gasteiger partial charge in [0.2, 0.25) is 5.13 Å². The molecule has 4 aromatic rings. The van der Waals surface area contributed by atoms with E-state index in [2.05, 4.69) is 15.5 Å². The summed E-state index contributed by atoms with van der Waals surface area (Å²) in [5.41, 5.74) is 6.08. The zero-order valence-corrected chi connectivity index (χ0v) is 17.2. The number of carbonyl (C=O) groups is 1. The number of benzene rings is 3. The topological polar surface area (TPSA) is 63.6 Å². The number of carbonyl (C=O) groups excluding carboxylic acids is 1. The second-order valence-electron chi connectivity index (χ2n) is 6.21. The minimum atomic E-state index is -0.498. The zero-order chi connectivity index (χ0) is 20.8. The minimum absolute atomic E-state index is 0.326. The molecule has 0 bridgehead atoms. The van der Waals surface area contributed by atoms with Gasteiger partial charge >= 0.3 is 5.97 Å². The Morgan fingerprint density at radius 1 is 1.00 bits per heavy atom. The monoisotopic (exact) mass is 433 g/mol. The Kier molecular flexibility index (Phi) is 6.17. The van der Waals surface area contributed by atoms with Gasteiger partial charge in [0, 0.05) is 10.9 Å². The van der Waals surface area contributed by atoms with E-state index in [1.54, 1.807) is 54.7 Å². The van der Waals surface area contributed by atoms with E-state index in [0.717, 1.165) is 16.8 Å². The van der Waals surface area contributed by atoms with Gasteiger partial charge in [-0.2, -0.15) is 5.10 Å². The molecule has 30 heavy (non-hydrogen) atoms. The summed E-state index contributed by atoms with van der Waals surface area (Å²) in [4.78, 5) is 16.7. The Morgan fingerprint density at radius 3 is 2.50 bits per heavy atom. The third-order valence-corrected chi connectivity index (χ3v) is 5.21. The van der Waals surface area contributed by atoms with E-state index in [0.29, 0.717) is 21.5 Å².